The topological polar surface area (TPSA) is 66.5 Å². The number of carbonyl (C=O) groups is 3. The van der Waals surface area contributed by atoms with Crippen LogP contribution in [0.3, 0.4) is 0 Å². The molecular weight excluding hydrogens is 292 g/mol. The van der Waals surface area contributed by atoms with Crippen LogP contribution in [0, 0.1) is 23.7 Å². The van der Waals surface area contributed by atoms with E-state index in [0.717, 1.165) is 25.7 Å². The zero-order valence-electron chi connectivity index (χ0n) is 14.8. The monoisotopic (exact) mass is 322 g/mol. The van der Waals surface area contributed by atoms with E-state index in [1.165, 1.54) is 4.90 Å². The predicted molar refractivity (Wildman–Crippen MR) is 88.4 cm³/mol. The van der Waals surface area contributed by atoms with E-state index >= 15 is 0 Å². The van der Waals surface area contributed by atoms with Crippen LogP contribution in [0.1, 0.15) is 59.8 Å². The molecule has 0 bridgehead atoms. The third kappa shape index (κ3) is 4.33. The summed E-state index contributed by atoms with van der Waals surface area (Å²) in [6.07, 6.45) is 3.90. The minimum atomic E-state index is -0.143. The largest absolute Gasteiger partial charge is 0.354 e. The van der Waals surface area contributed by atoms with Gasteiger partial charge in [0.05, 0.1) is 0 Å². The maximum absolute atomic E-state index is 12.4. The number of nitrogens with one attached hydrogen (secondary N) is 1. The van der Waals surface area contributed by atoms with Gasteiger partial charge in [0.1, 0.15) is 0 Å². The number of hydrogen-bond donors (Lipinski definition) is 1. The summed E-state index contributed by atoms with van der Waals surface area (Å²) in [7, 11) is 0. The molecule has 23 heavy (non-hydrogen) atoms. The summed E-state index contributed by atoms with van der Waals surface area (Å²) in [6.45, 7) is 8.48. The normalized spacial score (nSPS) is 28.8. The number of amides is 3. The number of carbonyl (C=O) groups excluding carboxylic acids is 3. The van der Waals surface area contributed by atoms with E-state index in [9.17, 15) is 14.4 Å². The quantitative estimate of drug-likeness (QED) is 0.790. The van der Waals surface area contributed by atoms with Crippen LogP contribution in [0.2, 0.25) is 0 Å². The first-order chi connectivity index (χ1) is 10.8. The molecule has 3 amide bonds. The van der Waals surface area contributed by atoms with Crippen LogP contribution in [0.15, 0.2) is 0 Å². The van der Waals surface area contributed by atoms with Crippen molar-refractivity contribution in [1.29, 1.82) is 0 Å². The summed E-state index contributed by atoms with van der Waals surface area (Å²) in [6, 6.07) is 0.174. The molecule has 0 aromatic heterocycles. The Bertz CT molecular complexity index is 465. The van der Waals surface area contributed by atoms with Gasteiger partial charge in [-0.2, -0.15) is 0 Å². The van der Waals surface area contributed by atoms with Crippen molar-refractivity contribution in [3.63, 3.8) is 0 Å². The fourth-order valence-electron chi connectivity index (χ4n) is 3.69. The summed E-state index contributed by atoms with van der Waals surface area (Å²) in [5.41, 5.74) is 0. The Labute approximate surface area is 139 Å². The molecule has 1 saturated heterocycles. The predicted octanol–water partition coefficient (Wildman–Crippen LogP) is 2.35. The number of nitrogens with zero attached hydrogens (tertiary/aromatic N) is 1. The van der Waals surface area contributed by atoms with E-state index in [1.807, 2.05) is 27.7 Å². The minimum absolute atomic E-state index is 0.00433. The highest BCUT2D eigenvalue weighted by Crippen LogP contribution is 2.32. The lowest BCUT2D eigenvalue weighted by atomic mass is 9.81. The van der Waals surface area contributed by atoms with Crippen LogP contribution in [-0.2, 0) is 14.4 Å². The Morgan fingerprint density at radius 2 is 1.74 bits per heavy atom. The molecule has 1 atom stereocenters. The molecule has 1 unspecified atom stereocenters. The van der Waals surface area contributed by atoms with Gasteiger partial charge in [-0.25, -0.2) is 0 Å². The molecule has 1 heterocycles. The van der Waals surface area contributed by atoms with Crippen molar-refractivity contribution >= 4 is 17.7 Å². The maximum atomic E-state index is 12.4. The number of hydrogen-bond acceptors (Lipinski definition) is 3. The van der Waals surface area contributed by atoms with Gasteiger partial charge in [-0.1, -0.05) is 13.8 Å². The fraction of sp³-hybridized carbons (Fsp3) is 0.833. The van der Waals surface area contributed by atoms with E-state index in [2.05, 4.69) is 5.32 Å². The van der Waals surface area contributed by atoms with Crippen molar-refractivity contribution in [3.05, 3.63) is 0 Å². The first kappa shape index (κ1) is 18.0. The summed E-state index contributed by atoms with van der Waals surface area (Å²) >= 11 is 0. The lowest BCUT2D eigenvalue weighted by Crippen LogP contribution is -2.40. The van der Waals surface area contributed by atoms with Crippen molar-refractivity contribution in [2.45, 2.75) is 65.8 Å². The Morgan fingerprint density at radius 1 is 1.13 bits per heavy atom. The van der Waals surface area contributed by atoms with Crippen LogP contribution in [0.25, 0.3) is 0 Å². The second kappa shape index (κ2) is 7.45. The molecule has 0 aromatic carbocycles. The Kier molecular flexibility index (Phi) is 5.82. The van der Waals surface area contributed by atoms with E-state index in [1.54, 1.807) is 0 Å². The second-order valence-corrected chi connectivity index (χ2v) is 7.78. The standard InChI is InChI=1S/C18H30N2O3/c1-11(2)15-9-16(21)20(18(15)23)10-13-5-7-14(8-6-13)17(22)19-12(3)4/h11-15H,5-10H2,1-4H3,(H,19,22). The molecule has 0 radical (unpaired) electrons. The van der Waals surface area contributed by atoms with Crippen molar-refractivity contribution in [2.24, 2.45) is 23.7 Å². The lowest BCUT2D eigenvalue weighted by Gasteiger charge is -2.30. The Hall–Kier alpha value is -1.39. The number of likely N-dealkylation sites (tertiary alicyclic amines) is 1. The average Bonchev–Trinajstić information content (AvgIpc) is 2.75. The van der Waals surface area contributed by atoms with Gasteiger partial charge in [-0.3, -0.25) is 19.3 Å². The molecule has 0 spiro atoms. The maximum Gasteiger partial charge on any atom is 0.233 e. The molecule has 5 heteroatoms. The zero-order chi connectivity index (χ0) is 17.1. The summed E-state index contributed by atoms with van der Waals surface area (Å²) in [5, 5.41) is 2.98. The van der Waals surface area contributed by atoms with Gasteiger partial charge < -0.3 is 5.32 Å². The molecule has 130 valence electrons. The van der Waals surface area contributed by atoms with Gasteiger partial charge in [0.2, 0.25) is 17.7 Å². The fourth-order valence-corrected chi connectivity index (χ4v) is 3.69. The first-order valence-electron chi connectivity index (χ1n) is 8.94. The van der Waals surface area contributed by atoms with Gasteiger partial charge >= 0.3 is 0 Å². The van der Waals surface area contributed by atoms with Gasteiger partial charge in [0.15, 0.2) is 0 Å². The van der Waals surface area contributed by atoms with Crippen molar-refractivity contribution in [1.82, 2.24) is 10.2 Å². The van der Waals surface area contributed by atoms with Crippen molar-refractivity contribution in [2.75, 3.05) is 6.54 Å². The molecule has 5 nitrogen and oxygen atoms in total. The van der Waals surface area contributed by atoms with Gasteiger partial charge in [0.25, 0.3) is 0 Å². The molecule has 1 N–H and O–H groups in total. The van der Waals surface area contributed by atoms with Gasteiger partial charge in [-0.15, -0.1) is 0 Å². The van der Waals surface area contributed by atoms with Crippen molar-refractivity contribution in [3.8, 4) is 0 Å². The zero-order valence-corrected chi connectivity index (χ0v) is 14.8. The smallest absolute Gasteiger partial charge is 0.233 e. The SMILES string of the molecule is CC(C)NC(=O)C1CCC(CN2C(=O)CC(C(C)C)C2=O)CC1. The van der Waals surface area contributed by atoms with E-state index in [4.69, 9.17) is 0 Å². The number of imide groups is 1. The minimum Gasteiger partial charge on any atom is -0.354 e. The van der Waals surface area contributed by atoms with Gasteiger partial charge in [-0.05, 0) is 51.4 Å². The van der Waals surface area contributed by atoms with Crippen LogP contribution in [-0.4, -0.2) is 35.2 Å². The molecule has 0 aromatic rings. The molecule has 2 rings (SSSR count). The average molecular weight is 322 g/mol. The summed E-state index contributed by atoms with van der Waals surface area (Å²) < 4.78 is 0. The van der Waals surface area contributed by atoms with Gasteiger partial charge in [0, 0.05) is 30.8 Å². The molecular formula is C18H30N2O3. The van der Waals surface area contributed by atoms with Crippen LogP contribution < -0.4 is 5.32 Å². The van der Waals surface area contributed by atoms with Crippen LogP contribution in [0.4, 0.5) is 0 Å². The lowest BCUT2D eigenvalue weighted by molar-refractivity contribution is -0.141. The van der Waals surface area contributed by atoms with E-state index < -0.39 is 0 Å². The van der Waals surface area contributed by atoms with Crippen LogP contribution in [0.5, 0.6) is 0 Å². The van der Waals surface area contributed by atoms with E-state index in [0.29, 0.717) is 18.9 Å². The Balaban J connectivity index is 1.84. The first-order valence-corrected chi connectivity index (χ1v) is 8.94. The molecule has 1 saturated carbocycles. The molecule has 2 fully saturated rings. The van der Waals surface area contributed by atoms with Crippen molar-refractivity contribution < 1.29 is 14.4 Å². The molecule has 1 aliphatic heterocycles. The third-order valence-electron chi connectivity index (χ3n) is 5.17. The summed E-state index contributed by atoms with van der Waals surface area (Å²) in [4.78, 5) is 38.0. The Morgan fingerprint density at radius 3 is 2.22 bits per heavy atom. The molecule has 2 aliphatic rings. The van der Waals surface area contributed by atoms with Crippen LogP contribution >= 0.6 is 0 Å². The highest BCUT2D eigenvalue weighted by atomic mass is 16.2. The second-order valence-electron chi connectivity index (χ2n) is 7.78. The number of rotatable bonds is 5. The highest BCUT2D eigenvalue weighted by molar-refractivity contribution is 6.03. The summed E-state index contributed by atoms with van der Waals surface area (Å²) in [5.74, 6) is 0.631. The molecule has 1 aliphatic carbocycles. The van der Waals surface area contributed by atoms with E-state index in [-0.39, 0.29) is 41.5 Å². The highest BCUT2D eigenvalue weighted by Gasteiger charge is 2.41. The third-order valence-corrected chi connectivity index (χ3v) is 5.17.